The average Bonchev–Trinajstić information content (AvgIpc) is 2.95. The number of rotatable bonds is 3. The van der Waals surface area contributed by atoms with Gasteiger partial charge in [0.2, 0.25) is 12.7 Å². The zero-order valence-electron chi connectivity index (χ0n) is 11.5. The van der Waals surface area contributed by atoms with E-state index in [1.54, 1.807) is 36.4 Å². The van der Waals surface area contributed by atoms with Gasteiger partial charge in [0.1, 0.15) is 0 Å². The molecule has 1 amide bonds. The molecule has 7 heteroatoms. The summed E-state index contributed by atoms with van der Waals surface area (Å²) >= 11 is 5.24. The molecule has 112 valence electrons. The van der Waals surface area contributed by atoms with Gasteiger partial charge in [-0.1, -0.05) is 6.07 Å². The number of hydrogen-bond donors (Lipinski definition) is 3. The molecule has 0 radical (unpaired) electrons. The summed E-state index contributed by atoms with van der Waals surface area (Å²) in [4.78, 5) is 11.2. The monoisotopic (exact) mass is 315 g/mol. The lowest BCUT2D eigenvalue weighted by Gasteiger charge is -2.11. The molecule has 2 aromatic rings. The molecule has 22 heavy (non-hydrogen) atoms. The quantitative estimate of drug-likeness (QED) is 0.754. The minimum Gasteiger partial charge on any atom is -0.454 e. The number of fused-ring (bicyclic) bond motifs is 1. The molecule has 0 saturated heterocycles. The van der Waals surface area contributed by atoms with Crippen LogP contribution in [-0.4, -0.2) is 17.8 Å². The Labute approximate surface area is 132 Å². The number of hydrogen-bond acceptors (Lipinski definition) is 4. The van der Waals surface area contributed by atoms with E-state index in [2.05, 4.69) is 10.6 Å². The van der Waals surface area contributed by atoms with E-state index in [4.69, 9.17) is 27.4 Å². The van der Waals surface area contributed by atoms with Crippen molar-refractivity contribution >= 4 is 34.6 Å². The van der Waals surface area contributed by atoms with E-state index in [0.717, 1.165) is 5.69 Å². The fourth-order valence-corrected chi connectivity index (χ4v) is 2.25. The summed E-state index contributed by atoms with van der Waals surface area (Å²) in [5.41, 5.74) is 7.11. The van der Waals surface area contributed by atoms with Crippen molar-refractivity contribution < 1.29 is 14.3 Å². The summed E-state index contributed by atoms with van der Waals surface area (Å²) < 4.78 is 10.6. The second-order valence-corrected chi connectivity index (χ2v) is 5.00. The summed E-state index contributed by atoms with van der Waals surface area (Å²) in [6.45, 7) is 0.224. The molecule has 0 bridgehead atoms. The van der Waals surface area contributed by atoms with Crippen molar-refractivity contribution in [1.29, 1.82) is 0 Å². The number of anilines is 2. The Morgan fingerprint density at radius 3 is 2.55 bits per heavy atom. The van der Waals surface area contributed by atoms with E-state index in [1.807, 2.05) is 6.07 Å². The Morgan fingerprint density at radius 2 is 1.77 bits per heavy atom. The highest BCUT2D eigenvalue weighted by atomic mass is 32.1. The van der Waals surface area contributed by atoms with Crippen molar-refractivity contribution in [3.05, 3.63) is 48.0 Å². The summed E-state index contributed by atoms with van der Waals surface area (Å²) in [5, 5.41) is 6.42. The molecule has 0 atom stereocenters. The molecule has 1 heterocycles. The number of amides is 1. The molecular formula is C15H13N3O3S. The summed E-state index contributed by atoms with van der Waals surface area (Å²) in [7, 11) is 0. The highest BCUT2D eigenvalue weighted by Gasteiger charge is 2.13. The van der Waals surface area contributed by atoms with Gasteiger partial charge in [0.05, 0.1) is 0 Å². The van der Waals surface area contributed by atoms with E-state index in [0.29, 0.717) is 27.9 Å². The molecule has 4 N–H and O–H groups in total. The molecule has 3 rings (SSSR count). The van der Waals surface area contributed by atoms with Crippen molar-refractivity contribution in [3.8, 4) is 11.5 Å². The standard InChI is InChI=1S/C15H13N3O3S/c16-14(19)9-2-1-3-10(6-9)17-15(22)18-11-4-5-12-13(7-11)21-8-20-12/h1-7H,8H2,(H2,16,19)(H2,17,18,22). The number of carbonyl (C=O) groups is 1. The summed E-state index contributed by atoms with van der Waals surface area (Å²) in [5.74, 6) is 0.889. The van der Waals surface area contributed by atoms with E-state index < -0.39 is 5.91 Å². The Balaban J connectivity index is 1.67. The number of thiocarbonyl (C=S) groups is 1. The SMILES string of the molecule is NC(=O)c1cccc(NC(=S)Nc2ccc3c(c2)OCO3)c1. The van der Waals surface area contributed by atoms with Gasteiger partial charge in [-0.2, -0.15) is 0 Å². The first kappa shape index (κ1) is 14.2. The Hall–Kier alpha value is -2.80. The zero-order valence-corrected chi connectivity index (χ0v) is 12.3. The van der Waals surface area contributed by atoms with Crippen LogP contribution >= 0.6 is 12.2 Å². The molecule has 6 nitrogen and oxygen atoms in total. The van der Waals surface area contributed by atoms with E-state index >= 15 is 0 Å². The Morgan fingerprint density at radius 1 is 1.05 bits per heavy atom. The van der Waals surface area contributed by atoms with E-state index in [9.17, 15) is 4.79 Å². The van der Waals surface area contributed by atoms with Gasteiger partial charge in [-0.05, 0) is 42.5 Å². The molecule has 0 fully saturated rings. The van der Waals surface area contributed by atoms with Gasteiger partial charge in [-0.15, -0.1) is 0 Å². The number of ether oxygens (including phenoxy) is 2. The van der Waals surface area contributed by atoms with Crippen molar-refractivity contribution in [1.82, 2.24) is 0 Å². The third-order valence-electron chi connectivity index (χ3n) is 3.04. The van der Waals surface area contributed by atoms with Crippen LogP contribution in [0.5, 0.6) is 11.5 Å². The molecule has 1 aliphatic rings. The second-order valence-electron chi connectivity index (χ2n) is 4.59. The minimum atomic E-state index is -0.488. The van der Waals surface area contributed by atoms with Gasteiger partial charge in [0, 0.05) is 23.0 Å². The van der Waals surface area contributed by atoms with Gasteiger partial charge < -0.3 is 25.8 Å². The third-order valence-corrected chi connectivity index (χ3v) is 3.24. The van der Waals surface area contributed by atoms with Crippen molar-refractivity contribution in [2.45, 2.75) is 0 Å². The van der Waals surface area contributed by atoms with Crippen LogP contribution in [0.4, 0.5) is 11.4 Å². The fourth-order valence-electron chi connectivity index (χ4n) is 2.02. The van der Waals surface area contributed by atoms with Crippen molar-refractivity contribution in [2.24, 2.45) is 5.73 Å². The first-order chi connectivity index (χ1) is 10.6. The highest BCUT2D eigenvalue weighted by molar-refractivity contribution is 7.80. The van der Waals surface area contributed by atoms with Crippen LogP contribution in [0.3, 0.4) is 0 Å². The number of carbonyl (C=O) groups excluding carboxylic acids is 1. The smallest absolute Gasteiger partial charge is 0.248 e. The van der Waals surface area contributed by atoms with Crippen LogP contribution in [0.1, 0.15) is 10.4 Å². The topological polar surface area (TPSA) is 85.6 Å². The molecule has 0 aliphatic carbocycles. The lowest BCUT2D eigenvalue weighted by Crippen LogP contribution is -2.19. The number of primary amides is 1. The molecule has 0 saturated carbocycles. The minimum absolute atomic E-state index is 0.224. The molecule has 1 aliphatic heterocycles. The molecule has 0 aromatic heterocycles. The summed E-state index contributed by atoms with van der Waals surface area (Å²) in [6.07, 6.45) is 0. The van der Waals surface area contributed by atoms with Gasteiger partial charge in [0.15, 0.2) is 16.6 Å². The maximum atomic E-state index is 11.2. The molecular weight excluding hydrogens is 302 g/mol. The molecule has 0 unspecified atom stereocenters. The maximum Gasteiger partial charge on any atom is 0.248 e. The zero-order chi connectivity index (χ0) is 15.5. The molecule has 0 spiro atoms. The van der Waals surface area contributed by atoms with Crippen LogP contribution in [-0.2, 0) is 0 Å². The van der Waals surface area contributed by atoms with Crippen LogP contribution in [0.25, 0.3) is 0 Å². The van der Waals surface area contributed by atoms with E-state index in [-0.39, 0.29) is 6.79 Å². The average molecular weight is 315 g/mol. The van der Waals surface area contributed by atoms with Crippen LogP contribution in [0, 0.1) is 0 Å². The van der Waals surface area contributed by atoms with Gasteiger partial charge in [-0.3, -0.25) is 4.79 Å². The summed E-state index contributed by atoms with van der Waals surface area (Å²) in [6, 6.07) is 12.2. The van der Waals surface area contributed by atoms with Gasteiger partial charge in [0.25, 0.3) is 0 Å². The third kappa shape index (κ3) is 3.09. The van der Waals surface area contributed by atoms with Gasteiger partial charge >= 0.3 is 0 Å². The predicted molar refractivity (Wildman–Crippen MR) is 87.4 cm³/mol. The highest BCUT2D eigenvalue weighted by Crippen LogP contribution is 2.34. The predicted octanol–water partition coefficient (Wildman–Crippen LogP) is 2.32. The first-order valence-electron chi connectivity index (χ1n) is 6.49. The lowest BCUT2D eigenvalue weighted by molar-refractivity contribution is 0.100. The lowest BCUT2D eigenvalue weighted by atomic mass is 10.2. The first-order valence-corrected chi connectivity index (χ1v) is 6.90. The number of nitrogens with one attached hydrogen (secondary N) is 2. The molecule has 2 aromatic carbocycles. The van der Waals surface area contributed by atoms with Gasteiger partial charge in [-0.25, -0.2) is 0 Å². The maximum absolute atomic E-state index is 11.2. The van der Waals surface area contributed by atoms with Crippen molar-refractivity contribution in [3.63, 3.8) is 0 Å². The van der Waals surface area contributed by atoms with Crippen LogP contribution in [0.15, 0.2) is 42.5 Å². The second kappa shape index (κ2) is 5.90. The van der Waals surface area contributed by atoms with Crippen molar-refractivity contribution in [2.75, 3.05) is 17.4 Å². The van der Waals surface area contributed by atoms with Crippen LogP contribution < -0.4 is 25.8 Å². The van der Waals surface area contributed by atoms with E-state index in [1.165, 1.54) is 0 Å². The normalized spacial score (nSPS) is 11.8. The Bertz CT molecular complexity index is 749. The Kier molecular flexibility index (Phi) is 3.80. The van der Waals surface area contributed by atoms with Crippen LogP contribution in [0.2, 0.25) is 0 Å². The number of nitrogens with two attached hydrogens (primary N) is 1. The largest absolute Gasteiger partial charge is 0.454 e. The number of benzene rings is 2. The fraction of sp³-hybridized carbons (Fsp3) is 0.0667.